The van der Waals surface area contributed by atoms with Crippen LogP contribution in [0.1, 0.15) is 17.7 Å². The Morgan fingerprint density at radius 1 is 1.22 bits per heavy atom. The third-order valence-corrected chi connectivity index (χ3v) is 3.49. The summed E-state index contributed by atoms with van der Waals surface area (Å²) in [5.74, 6) is 0.922. The number of furan rings is 1. The highest BCUT2D eigenvalue weighted by molar-refractivity contribution is 5.82. The molecule has 2 aromatic rings. The van der Waals surface area contributed by atoms with Crippen molar-refractivity contribution in [1.29, 1.82) is 0 Å². The lowest BCUT2D eigenvalue weighted by Crippen LogP contribution is -2.27. The molecule has 0 unspecified atom stereocenters. The molecule has 94 valence electrons. The summed E-state index contributed by atoms with van der Waals surface area (Å²) in [6.45, 7) is 3.52. The smallest absolute Gasteiger partial charge is 0.134 e. The fourth-order valence-corrected chi connectivity index (χ4v) is 2.54. The largest absolute Gasteiger partial charge is 0.459 e. The van der Waals surface area contributed by atoms with Gasteiger partial charge in [-0.25, -0.2) is 0 Å². The van der Waals surface area contributed by atoms with Crippen molar-refractivity contribution in [2.45, 2.75) is 19.5 Å². The molecule has 3 nitrogen and oxygen atoms in total. The summed E-state index contributed by atoms with van der Waals surface area (Å²) in [6, 6.07) is 8.18. The van der Waals surface area contributed by atoms with Crippen molar-refractivity contribution in [2.24, 2.45) is 5.73 Å². The minimum Gasteiger partial charge on any atom is -0.459 e. The van der Waals surface area contributed by atoms with Crippen molar-refractivity contribution in [3.63, 3.8) is 0 Å². The summed E-state index contributed by atoms with van der Waals surface area (Å²) >= 11 is 0. The number of rotatable bonds is 3. The molecule has 0 spiro atoms. The van der Waals surface area contributed by atoms with E-state index in [0.29, 0.717) is 6.54 Å². The number of benzene rings is 1. The Bertz CT molecular complexity index is 571. The number of para-hydroxylation sites is 1. The van der Waals surface area contributed by atoms with Crippen molar-refractivity contribution < 1.29 is 4.42 Å². The number of fused-ring (bicyclic) bond motifs is 1. The van der Waals surface area contributed by atoms with Crippen LogP contribution in [0.4, 0.5) is 0 Å². The van der Waals surface area contributed by atoms with Gasteiger partial charge in [0, 0.05) is 30.6 Å². The van der Waals surface area contributed by atoms with Gasteiger partial charge in [-0.15, -0.1) is 0 Å². The van der Waals surface area contributed by atoms with Crippen LogP contribution >= 0.6 is 0 Å². The van der Waals surface area contributed by atoms with Gasteiger partial charge in [-0.1, -0.05) is 30.4 Å². The van der Waals surface area contributed by atoms with E-state index in [4.69, 9.17) is 10.2 Å². The van der Waals surface area contributed by atoms with E-state index in [2.05, 4.69) is 29.2 Å². The van der Waals surface area contributed by atoms with Crippen molar-refractivity contribution in [3.8, 4) is 0 Å². The van der Waals surface area contributed by atoms with Gasteiger partial charge in [0.25, 0.3) is 0 Å². The Hall–Kier alpha value is -1.58. The zero-order chi connectivity index (χ0) is 12.4. The standard InChI is InChI=1S/C15H18N2O/c16-10-15-13(11-17-8-4-1-5-9-17)12-6-2-3-7-14(12)18-15/h1-4,6-7H,5,8-11,16H2. The lowest BCUT2D eigenvalue weighted by molar-refractivity contribution is 0.289. The molecule has 18 heavy (non-hydrogen) atoms. The number of hydrogen-bond acceptors (Lipinski definition) is 3. The summed E-state index contributed by atoms with van der Waals surface area (Å²) in [5, 5.41) is 1.20. The number of nitrogens with two attached hydrogens (primary N) is 1. The maximum Gasteiger partial charge on any atom is 0.134 e. The molecule has 0 saturated carbocycles. The van der Waals surface area contributed by atoms with Crippen LogP contribution in [-0.2, 0) is 13.1 Å². The second-order valence-electron chi connectivity index (χ2n) is 4.70. The van der Waals surface area contributed by atoms with Crippen LogP contribution in [-0.4, -0.2) is 18.0 Å². The molecule has 1 aliphatic heterocycles. The average molecular weight is 242 g/mol. The van der Waals surface area contributed by atoms with E-state index >= 15 is 0 Å². The first-order valence-corrected chi connectivity index (χ1v) is 6.45. The Morgan fingerprint density at radius 2 is 2.11 bits per heavy atom. The van der Waals surface area contributed by atoms with Crippen LogP contribution in [0.15, 0.2) is 40.8 Å². The second-order valence-corrected chi connectivity index (χ2v) is 4.70. The lowest BCUT2D eigenvalue weighted by Gasteiger charge is -2.22. The number of hydrogen-bond donors (Lipinski definition) is 1. The maximum absolute atomic E-state index is 5.82. The van der Waals surface area contributed by atoms with Gasteiger partial charge >= 0.3 is 0 Å². The van der Waals surface area contributed by atoms with E-state index < -0.39 is 0 Å². The van der Waals surface area contributed by atoms with Crippen LogP contribution < -0.4 is 5.73 Å². The summed E-state index contributed by atoms with van der Waals surface area (Å²) in [4.78, 5) is 2.43. The summed E-state index contributed by atoms with van der Waals surface area (Å²) in [7, 11) is 0. The topological polar surface area (TPSA) is 42.4 Å². The molecular formula is C15H18N2O. The highest BCUT2D eigenvalue weighted by atomic mass is 16.3. The SMILES string of the molecule is NCc1oc2ccccc2c1CN1CC=CCC1. The quantitative estimate of drug-likeness (QED) is 0.841. The molecule has 0 fully saturated rings. The minimum absolute atomic E-state index is 0.466. The van der Waals surface area contributed by atoms with E-state index in [1.807, 2.05) is 12.1 Å². The summed E-state index contributed by atoms with van der Waals surface area (Å²) in [5.41, 5.74) is 7.99. The Labute approximate surface area is 107 Å². The first kappa shape index (κ1) is 11.5. The lowest BCUT2D eigenvalue weighted by atomic mass is 10.1. The molecule has 3 heteroatoms. The first-order chi connectivity index (χ1) is 8.88. The van der Waals surface area contributed by atoms with Crippen LogP contribution in [0.2, 0.25) is 0 Å². The highest BCUT2D eigenvalue weighted by Crippen LogP contribution is 2.27. The molecule has 0 amide bonds. The summed E-state index contributed by atoms with van der Waals surface area (Å²) < 4.78 is 5.82. The van der Waals surface area contributed by atoms with E-state index in [-0.39, 0.29) is 0 Å². The molecule has 1 aliphatic rings. The number of nitrogens with zero attached hydrogens (tertiary/aromatic N) is 1. The average Bonchev–Trinajstić information content (AvgIpc) is 2.78. The minimum atomic E-state index is 0.466. The first-order valence-electron chi connectivity index (χ1n) is 6.45. The Kier molecular flexibility index (Phi) is 3.17. The van der Waals surface area contributed by atoms with Gasteiger partial charge in [0.05, 0.1) is 6.54 Å². The zero-order valence-corrected chi connectivity index (χ0v) is 10.4. The van der Waals surface area contributed by atoms with Gasteiger partial charge in [0.1, 0.15) is 11.3 Å². The molecule has 1 aromatic carbocycles. The molecule has 0 radical (unpaired) electrons. The molecular weight excluding hydrogens is 224 g/mol. The van der Waals surface area contributed by atoms with Gasteiger partial charge in [-0.2, -0.15) is 0 Å². The fraction of sp³-hybridized carbons (Fsp3) is 0.333. The molecule has 0 atom stereocenters. The maximum atomic E-state index is 5.82. The van der Waals surface area contributed by atoms with Gasteiger partial charge in [0.2, 0.25) is 0 Å². The third-order valence-electron chi connectivity index (χ3n) is 3.49. The third kappa shape index (κ3) is 2.07. The molecule has 0 bridgehead atoms. The van der Waals surface area contributed by atoms with E-state index in [1.54, 1.807) is 0 Å². The van der Waals surface area contributed by atoms with Crippen molar-refractivity contribution in [1.82, 2.24) is 4.90 Å². The van der Waals surface area contributed by atoms with Crippen molar-refractivity contribution in [2.75, 3.05) is 13.1 Å². The van der Waals surface area contributed by atoms with Crippen molar-refractivity contribution >= 4 is 11.0 Å². The van der Waals surface area contributed by atoms with Crippen molar-refractivity contribution in [3.05, 3.63) is 47.7 Å². The van der Waals surface area contributed by atoms with Crippen LogP contribution in [0.5, 0.6) is 0 Å². The zero-order valence-electron chi connectivity index (χ0n) is 10.4. The second kappa shape index (κ2) is 4.96. The summed E-state index contributed by atoms with van der Waals surface area (Å²) in [6.07, 6.45) is 5.61. The molecule has 3 rings (SSSR count). The van der Waals surface area contributed by atoms with E-state index in [9.17, 15) is 0 Å². The van der Waals surface area contributed by atoms with Gasteiger partial charge in [0.15, 0.2) is 0 Å². The molecule has 0 saturated heterocycles. The predicted octanol–water partition coefficient (Wildman–Crippen LogP) is 2.65. The van der Waals surface area contributed by atoms with E-state index in [1.165, 1.54) is 10.9 Å². The molecule has 1 aromatic heterocycles. The van der Waals surface area contributed by atoms with Gasteiger partial charge < -0.3 is 10.2 Å². The highest BCUT2D eigenvalue weighted by Gasteiger charge is 2.16. The predicted molar refractivity (Wildman–Crippen MR) is 73.1 cm³/mol. The van der Waals surface area contributed by atoms with Crippen LogP contribution in [0.3, 0.4) is 0 Å². The van der Waals surface area contributed by atoms with Crippen LogP contribution in [0, 0.1) is 0 Å². The fourth-order valence-electron chi connectivity index (χ4n) is 2.54. The molecule has 2 heterocycles. The monoisotopic (exact) mass is 242 g/mol. The Balaban J connectivity index is 1.96. The van der Waals surface area contributed by atoms with Gasteiger partial charge in [-0.05, 0) is 12.5 Å². The molecule has 2 N–H and O–H groups in total. The van der Waals surface area contributed by atoms with Crippen LogP contribution in [0.25, 0.3) is 11.0 Å². The molecule has 0 aliphatic carbocycles. The van der Waals surface area contributed by atoms with E-state index in [0.717, 1.165) is 37.4 Å². The Morgan fingerprint density at radius 3 is 2.89 bits per heavy atom. The normalized spacial score (nSPS) is 16.5. The van der Waals surface area contributed by atoms with Gasteiger partial charge in [-0.3, -0.25) is 4.90 Å².